The minimum Gasteiger partial charge on any atom is -0.458 e. The van der Waals surface area contributed by atoms with Crippen LogP contribution in [-0.4, -0.2) is 22.2 Å². The lowest BCUT2D eigenvalue weighted by molar-refractivity contribution is -0.148. The predicted octanol–water partition coefficient (Wildman–Crippen LogP) is 4.30. The van der Waals surface area contributed by atoms with Crippen LogP contribution in [0.3, 0.4) is 0 Å². The van der Waals surface area contributed by atoms with Crippen molar-refractivity contribution < 1.29 is 19.1 Å². The van der Waals surface area contributed by atoms with E-state index in [4.69, 9.17) is 9.15 Å². The first-order chi connectivity index (χ1) is 12.7. The van der Waals surface area contributed by atoms with Crippen molar-refractivity contribution in [2.24, 2.45) is 11.3 Å². The first-order valence-electron chi connectivity index (χ1n) is 10.0. The minimum atomic E-state index is -0.825. The van der Waals surface area contributed by atoms with Crippen LogP contribution in [0.2, 0.25) is 0 Å². The highest BCUT2D eigenvalue weighted by Gasteiger charge is 2.69. The Morgan fingerprint density at radius 3 is 2.74 bits per heavy atom. The van der Waals surface area contributed by atoms with Gasteiger partial charge in [0.05, 0.1) is 0 Å². The monoisotopic (exact) mass is 369 g/mol. The molecule has 2 aromatic rings. The van der Waals surface area contributed by atoms with Gasteiger partial charge in [-0.05, 0) is 35.3 Å². The second-order valence-electron chi connectivity index (χ2n) is 9.60. The van der Waals surface area contributed by atoms with E-state index in [0.717, 1.165) is 41.5 Å². The summed E-state index contributed by atoms with van der Waals surface area (Å²) in [5, 5.41) is 11.3. The van der Waals surface area contributed by atoms with Crippen LogP contribution in [-0.2, 0) is 14.9 Å². The van der Waals surface area contributed by atoms with Gasteiger partial charge in [0.25, 0.3) is 0 Å². The number of hydrogen-bond acceptors (Lipinski definition) is 5. The Labute approximate surface area is 159 Å². The second kappa shape index (κ2) is 5.13. The van der Waals surface area contributed by atoms with Crippen molar-refractivity contribution >= 4 is 17.1 Å². The van der Waals surface area contributed by atoms with Gasteiger partial charge in [-0.25, -0.2) is 4.98 Å². The SMILES string of the molecule is Cc1nc2c(C(C)C)cc3c(c2o1)[C@@]12CCCC(C)(C)[C@@H]1[C@H](OC2=O)[C@@H]3O. The molecule has 2 aliphatic carbocycles. The number of aromatic nitrogens is 1. The van der Waals surface area contributed by atoms with E-state index in [1.165, 1.54) is 0 Å². The number of esters is 1. The molecule has 5 rings (SSSR count). The molecule has 144 valence electrons. The summed E-state index contributed by atoms with van der Waals surface area (Å²) in [6.45, 7) is 10.5. The average Bonchev–Trinajstić information content (AvgIpc) is 3.08. The van der Waals surface area contributed by atoms with E-state index in [1.54, 1.807) is 0 Å². The highest BCUT2D eigenvalue weighted by Crippen LogP contribution is 2.65. The highest BCUT2D eigenvalue weighted by atomic mass is 16.6. The van der Waals surface area contributed by atoms with Crippen LogP contribution in [0.25, 0.3) is 11.1 Å². The maximum atomic E-state index is 13.3. The number of oxazole rings is 1. The fourth-order valence-electron chi connectivity index (χ4n) is 6.22. The van der Waals surface area contributed by atoms with Gasteiger partial charge in [-0.3, -0.25) is 4.79 Å². The number of aryl methyl sites for hydroxylation is 1. The molecule has 0 spiro atoms. The third-order valence-electron chi connectivity index (χ3n) is 7.23. The second-order valence-corrected chi connectivity index (χ2v) is 9.60. The normalized spacial score (nSPS) is 33.9. The number of benzene rings is 1. The van der Waals surface area contributed by atoms with Crippen molar-refractivity contribution in [3.05, 3.63) is 28.6 Å². The summed E-state index contributed by atoms with van der Waals surface area (Å²) in [6.07, 6.45) is 1.42. The molecule has 1 aromatic heterocycles. The molecule has 1 saturated heterocycles. The molecule has 2 heterocycles. The number of ether oxygens (including phenoxy) is 1. The smallest absolute Gasteiger partial charge is 0.317 e. The lowest BCUT2D eigenvalue weighted by Crippen LogP contribution is -2.54. The van der Waals surface area contributed by atoms with Crippen molar-refractivity contribution in [2.45, 2.75) is 77.4 Å². The maximum Gasteiger partial charge on any atom is 0.317 e. The number of fused-ring (bicyclic) bond motifs is 3. The molecule has 3 aliphatic rings. The molecule has 5 nitrogen and oxygen atoms in total. The molecule has 5 heteroatoms. The van der Waals surface area contributed by atoms with Crippen molar-refractivity contribution in [3.63, 3.8) is 0 Å². The van der Waals surface area contributed by atoms with Gasteiger partial charge in [-0.1, -0.05) is 40.2 Å². The number of aliphatic hydroxyl groups is 1. The zero-order valence-electron chi connectivity index (χ0n) is 16.6. The molecule has 0 unspecified atom stereocenters. The van der Waals surface area contributed by atoms with Crippen LogP contribution in [0, 0.1) is 18.3 Å². The van der Waals surface area contributed by atoms with E-state index >= 15 is 0 Å². The molecule has 27 heavy (non-hydrogen) atoms. The van der Waals surface area contributed by atoms with Gasteiger partial charge >= 0.3 is 5.97 Å². The fraction of sp³-hybridized carbons (Fsp3) is 0.636. The number of nitrogens with zero attached hydrogens (tertiary/aromatic N) is 1. The van der Waals surface area contributed by atoms with Gasteiger partial charge in [0.2, 0.25) is 0 Å². The Morgan fingerprint density at radius 1 is 1.30 bits per heavy atom. The molecule has 4 atom stereocenters. The van der Waals surface area contributed by atoms with Gasteiger partial charge in [0.1, 0.15) is 23.1 Å². The summed E-state index contributed by atoms with van der Waals surface area (Å²) in [5.74, 6) is 0.580. The van der Waals surface area contributed by atoms with E-state index in [0.29, 0.717) is 11.5 Å². The predicted molar refractivity (Wildman–Crippen MR) is 100 cm³/mol. The molecule has 1 aliphatic heterocycles. The number of carbonyl (C=O) groups excluding carboxylic acids is 1. The average molecular weight is 369 g/mol. The van der Waals surface area contributed by atoms with Gasteiger partial charge in [-0.15, -0.1) is 0 Å². The number of hydrogen-bond donors (Lipinski definition) is 1. The lowest BCUT2D eigenvalue weighted by atomic mass is 9.49. The van der Waals surface area contributed by atoms with Crippen LogP contribution < -0.4 is 0 Å². The maximum absolute atomic E-state index is 13.3. The largest absolute Gasteiger partial charge is 0.458 e. The minimum absolute atomic E-state index is 0.0488. The van der Waals surface area contributed by atoms with Gasteiger partial charge in [0, 0.05) is 18.4 Å². The van der Waals surface area contributed by atoms with E-state index in [2.05, 4.69) is 32.7 Å². The highest BCUT2D eigenvalue weighted by molar-refractivity contribution is 5.95. The van der Waals surface area contributed by atoms with Crippen molar-refractivity contribution in [1.29, 1.82) is 0 Å². The zero-order valence-corrected chi connectivity index (χ0v) is 16.6. The summed E-state index contributed by atoms with van der Waals surface area (Å²) >= 11 is 0. The molecular weight excluding hydrogens is 342 g/mol. The third-order valence-corrected chi connectivity index (χ3v) is 7.23. The topological polar surface area (TPSA) is 72.6 Å². The van der Waals surface area contributed by atoms with E-state index in [1.807, 2.05) is 13.0 Å². The van der Waals surface area contributed by atoms with Crippen LogP contribution in [0.5, 0.6) is 0 Å². The van der Waals surface area contributed by atoms with Crippen LogP contribution in [0.4, 0.5) is 0 Å². The Balaban J connectivity index is 1.92. The standard InChI is InChI=1S/C22H27NO4/c1-10(2)12-9-13-14(17-15(12)23-11(3)26-17)22-8-6-7-21(4,5)19(22)18(16(13)24)27-20(22)25/h9-10,16,18-19,24H,6-8H2,1-5H3/t16-,18-,19+,22+/m1/s1. The Bertz CT molecular complexity index is 972. The third kappa shape index (κ3) is 1.93. The molecule has 2 bridgehead atoms. The molecule has 0 amide bonds. The number of carbonyl (C=O) groups is 1. The van der Waals surface area contributed by atoms with E-state index < -0.39 is 17.6 Å². The number of rotatable bonds is 1. The van der Waals surface area contributed by atoms with Crippen LogP contribution in [0.1, 0.15) is 81.6 Å². The quantitative estimate of drug-likeness (QED) is 0.759. The van der Waals surface area contributed by atoms with Crippen LogP contribution in [0.15, 0.2) is 10.5 Å². The Kier molecular flexibility index (Phi) is 3.28. The molecule has 0 radical (unpaired) electrons. The summed E-state index contributed by atoms with van der Waals surface area (Å²) in [7, 11) is 0. The Hall–Kier alpha value is -1.88. The van der Waals surface area contributed by atoms with E-state index in [-0.39, 0.29) is 23.2 Å². The van der Waals surface area contributed by atoms with Crippen molar-refractivity contribution in [3.8, 4) is 0 Å². The molecule has 2 fully saturated rings. The van der Waals surface area contributed by atoms with Gasteiger partial charge < -0.3 is 14.3 Å². The first-order valence-corrected chi connectivity index (χ1v) is 10.0. The summed E-state index contributed by atoms with van der Waals surface area (Å²) in [4.78, 5) is 17.9. The summed E-state index contributed by atoms with van der Waals surface area (Å²) in [6, 6.07) is 2.05. The van der Waals surface area contributed by atoms with E-state index in [9.17, 15) is 9.90 Å². The van der Waals surface area contributed by atoms with Gasteiger partial charge in [0.15, 0.2) is 11.5 Å². The summed E-state index contributed by atoms with van der Waals surface area (Å²) in [5.41, 5.74) is 3.36. The van der Waals surface area contributed by atoms with Crippen molar-refractivity contribution in [2.75, 3.05) is 0 Å². The molecule has 1 saturated carbocycles. The molecule has 1 N–H and O–H groups in total. The fourth-order valence-corrected chi connectivity index (χ4v) is 6.22. The Morgan fingerprint density at radius 2 is 2.04 bits per heavy atom. The van der Waals surface area contributed by atoms with Crippen molar-refractivity contribution in [1.82, 2.24) is 4.98 Å². The molecular formula is C22H27NO4. The first kappa shape index (κ1) is 17.2. The number of aliphatic hydroxyl groups excluding tert-OH is 1. The van der Waals surface area contributed by atoms with Crippen LogP contribution >= 0.6 is 0 Å². The van der Waals surface area contributed by atoms with Gasteiger partial charge in [-0.2, -0.15) is 0 Å². The lowest BCUT2D eigenvalue weighted by Gasteiger charge is -2.51. The zero-order chi connectivity index (χ0) is 19.3. The summed E-state index contributed by atoms with van der Waals surface area (Å²) < 4.78 is 11.9. The molecule has 1 aromatic carbocycles.